The fourth-order valence-corrected chi connectivity index (χ4v) is 3.62. The molecule has 4 rings (SSSR count). The molecule has 0 bridgehead atoms. The highest BCUT2D eigenvalue weighted by atomic mass is 79.9. The molecule has 6 heteroatoms. The van der Waals surface area contributed by atoms with Gasteiger partial charge in [0.1, 0.15) is 18.1 Å². The van der Waals surface area contributed by atoms with E-state index in [0.717, 1.165) is 26.7 Å². The molecule has 0 saturated heterocycles. The minimum Gasteiger partial charge on any atom is -0.486 e. The van der Waals surface area contributed by atoms with E-state index in [1.165, 1.54) is 0 Å². The molecule has 0 aliphatic heterocycles. The number of benzene rings is 2. The molecule has 0 unspecified atom stereocenters. The Morgan fingerprint density at radius 3 is 2.69 bits per heavy atom. The Kier molecular flexibility index (Phi) is 5.36. The van der Waals surface area contributed by atoms with E-state index in [9.17, 15) is 4.79 Å². The fraction of sp³-hybridized carbons (Fsp3) is 0.130. The molecule has 2 heterocycles. The molecule has 0 spiro atoms. The predicted octanol–water partition coefficient (Wildman–Crippen LogP) is 6.04. The summed E-state index contributed by atoms with van der Waals surface area (Å²) in [7, 11) is 0. The number of amides is 1. The van der Waals surface area contributed by atoms with Crippen molar-refractivity contribution in [3.8, 4) is 5.75 Å². The van der Waals surface area contributed by atoms with Gasteiger partial charge in [-0.25, -0.2) is 0 Å². The number of carbonyl (C=O) groups is 1. The maximum atomic E-state index is 12.6. The highest BCUT2D eigenvalue weighted by molar-refractivity contribution is 9.10. The molecule has 0 saturated carbocycles. The molecule has 0 radical (unpaired) electrons. The van der Waals surface area contributed by atoms with Crippen LogP contribution in [0, 0.1) is 13.8 Å². The number of carbonyl (C=O) groups excluding carboxylic acids is 1. The Bertz CT molecular complexity index is 1180. The van der Waals surface area contributed by atoms with Crippen LogP contribution in [0.2, 0.25) is 0 Å². The number of aromatic nitrogens is 1. The summed E-state index contributed by atoms with van der Waals surface area (Å²) < 4.78 is 12.4. The van der Waals surface area contributed by atoms with Crippen molar-refractivity contribution in [2.75, 3.05) is 5.32 Å². The van der Waals surface area contributed by atoms with Crippen molar-refractivity contribution in [1.29, 1.82) is 0 Å². The van der Waals surface area contributed by atoms with Gasteiger partial charge in [0.05, 0.1) is 11.2 Å². The monoisotopic (exact) mass is 450 g/mol. The van der Waals surface area contributed by atoms with Gasteiger partial charge in [0.2, 0.25) is 0 Å². The second-order valence-electron chi connectivity index (χ2n) is 6.83. The number of furan rings is 1. The van der Waals surface area contributed by atoms with E-state index in [-0.39, 0.29) is 18.3 Å². The number of nitrogens with zero attached hydrogens (tertiary/aromatic N) is 1. The van der Waals surface area contributed by atoms with Crippen molar-refractivity contribution >= 4 is 38.4 Å². The third-order valence-corrected chi connectivity index (χ3v) is 5.12. The standard InChI is InChI=1S/C23H19BrN2O3/c1-14-10-15(2)12-17(11-14)28-13-16-5-8-21(29-16)23(27)26-20-7-6-19(24)18-4-3-9-25-22(18)20/h3-12H,13H2,1-2H3,(H,26,27). The summed E-state index contributed by atoms with van der Waals surface area (Å²) in [4.78, 5) is 17.0. The van der Waals surface area contributed by atoms with Crippen LogP contribution in [-0.4, -0.2) is 10.9 Å². The summed E-state index contributed by atoms with van der Waals surface area (Å²) in [5.74, 6) is 1.23. The summed E-state index contributed by atoms with van der Waals surface area (Å²) in [5.41, 5.74) is 3.60. The van der Waals surface area contributed by atoms with E-state index in [1.807, 2.05) is 50.2 Å². The lowest BCUT2D eigenvalue weighted by Crippen LogP contribution is -2.11. The molecular formula is C23H19BrN2O3. The van der Waals surface area contributed by atoms with E-state index in [4.69, 9.17) is 9.15 Å². The van der Waals surface area contributed by atoms with Crippen molar-refractivity contribution in [3.05, 3.63) is 87.9 Å². The number of hydrogen-bond acceptors (Lipinski definition) is 4. The molecule has 0 aliphatic carbocycles. The molecule has 29 heavy (non-hydrogen) atoms. The first kappa shape index (κ1) is 19.2. The lowest BCUT2D eigenvalue weighted by atomic mass is 10.1. The third kappa shape index (κ3) is 4.32. The number of pyridine rings is 1. The summed E-state index contributed by atoms with van der Waals surface area (Å²) in [6.45, 7) is 4.30. The highest BCUT2D eigenvalue weighted by Crippen LogP contribution is 2.28. The number of rotatable bonds is 5. The molecule has 4 aromatic rings. The molecule has 1 amide bonds. The van der Waals surface area contributed by atoms with Gasteiger partial charge in [-0.1, -0.05) is 28.1 Å². The summed E-state index contributed by atoms with van der Waals surface area (Å²) >= 11 is 3.51. The average molecular weight is 451 g/mol. The van der Waals surface area contributed by atoms with E-state index in [2.05, 4.69) is 32.3 Å². The zero-order valence-corrected chi connectivity index (χ0v) is 17.6. The zero-order chi connectivity index (χ0) is 20.4. The second-order valence-corrected chi connectivity index (χ2v) is 7.68. The molecule has 5 nitrogen and oxygen atoms in total. The summed E-state index contributed by atoms with van der Waals surface area (Å²) in [6.07, 6.45) is 1.69. The number of aryl methyl sites for hydroxylation is 2. The smallest absolute Gasteiger partial charge is 0.291 e. The van der Waals surface area contributed by atoms with Crippen molar-refractivity contribution in [2.45, 2.75) is 20.5 Å². The number of ether oxygens (including phenoxy) is 1. The van der Waals surface area contributed by atoms with Crippen molar-refractivity contribution in [3.63, 3.8) is 0 Å². The molecule has 0 atom stereocenters. The molecule has 0 fully saturated rings. The second kappa shape index (κ2) is 8.09. The van der Waals surface area contributed by atoms with E-state index in [0.29, 0.717) is 17.0 Å². The first-order chi connectivity index (χ1) is 14.0. The van der Waals surface area contributed by atoms with Gasteiger partial charge in [-0.2, -0.15) is 0 Å². The predicted molar refractivity (Wildman–Crippen MR) is 116 cm³/mol. The molecular weight excluding hydrogens is 432 g/mol. The van der Waals surface area contributed by atoms with Gasteiger partial charge in [-0.15, -0.1) is 0 Å². The summed E-state index contributed by atoms with van der Waals surface area (Å²) in [5, 5.41) is 3.80. The van der Waals surface area contributed by atoms with Crippen LogP contribution in [0.4, 0.5) is 5.69 Å². The first-order valence-electron chi connectivity index (χ1n) is 9.14. The largest absolute Gasteiger partial charge is 0.486 e. The quantitative estimate of drug-likeness (QED) is 0.402. The third-order valence-electron chi connectivity index (χ3n) is 4.43. The molecule has 0 aliphatic rings. The number of nitrogens with one attached hydrogen (secondary N) is 1. The Labute approximate surface area is 176 Å². The minimum atomic E-state index is -0.336. The van der Waals surface area contributed by atoms with Crippen LogP contribution in [-0.2, 0) is 6.61 Å². The topological polar surface area (TPSA) is 64.4 Å². The van der Waals surface area contributed by atoms with Gasteiger partial charge < -0.3 is 14.5 Å². The maximum absolute atomic E-state index is 12.6. The normalized spacial score (nSPS) is 10.9. The Morgan fingerprint density at radius 2 is 1.90 bits per heavy atom. The van der Waals surface area contributed by atoms with Crippen molar-refractivity contribution in [1.82, 2.24) is 4.98 Å². The lowest BCUT2D eigenvalue weighted by molar-refractivity contribution is 0.0992. The Balaban J connectivity index is 1.47. The minimum absolute atomic E-state index is 0.219. The lowest BCUT2D eigenvalue weighted by Gasteiger charge is -2.08. The SMILES string of the molecule is Cc1cc(C)cc(OCc2ccc(C(=O)Nc3ccc(Br)c4cccnc34)o2)c1. The Morgan fingerprint density at radius 1 is 1.10 bits per heavy atom. The van der Waals surface area contributed by atoms with E-state index < -0.39 is 0 Å². The fourth-order valence-electron chi connectivity index (χ4n) is 3.17. The van der Waals surface area contributed by atoms with Crippen LogP contribution in [0.3, 0.4) is 0 Å². The van der Waals surface area contributed by atoms with Gasteiger partial charge in [0.25, 0.3) is 5.91 Å². The highest BCUT2D eigenvalue weighted by Gasteiger charge is 2.14. The molecule has 1 N–H and O–H groups in total. The van der Waals surface area contributed by atoms with Crippen LogP contribution in [0.25, 0.3) is 10.9 Å². The van der Waals surface area contributed by atoms with Crippen LogP contribution in [0.15, 0.2) is 69.7 Å². The summed E-state index contributed by atoms with van der Waals surface area (Å²) in [6, 6.07) is 16.9. The van der Waals surface area contributed by atoms with Gasteiger partial charge in [0.15, 0.2) is 5.76 Å². The van der Waals surface area contributed by atoms with Gasteiger partial charge in [-0.3, -0.25) is 9.78 Å². The van der Waals surface area contributed by atoms with Crippen molar-refractivity contribution < 1.29 is 13.9 Å². The number of hydrogen-bond donors (Lipinski definition) is 1. The van der Waals surface area contributed by atoms with Gasteiger partial charge >= 0.3 is 0 Å². The van der Waals surface area contributed by atoms with Crippen LogP contribution in [0.1, 0.15) is 27.4 Å². The molecule has 2 aromatic heterocycles. The Hall–Kier alpha value is -3.12. The van der Waals surface area contributed by atoms with Crippen LogP contribution >= 0.6 is 15.9 Å². The molecule has 146 valence electrons. The number of anilines is 1. The molecule has 2 aromatic carbocycles. The van der Waals surface area contributed by atoms with E-state index in [1.54, 1.807) is 18.3 Å². The van der Waals surface area contributed by atoms with Crippen LogP contribution in [0.5, 0.6) is 5.75 Å². The van der Waals surface area contributed by atoms with Gasteiger partial charge in [0, 0.05) is 16.1 Å². The van der Waals surface area contributed by atoms with Crippen LogP contribution < -0.4 is 10.1 Å². The first-order valence-corrected chi connectivity index (χ1v) is 9.93. The van der Waals surface area contributed by atoms with Gasteiger partial charge in [-0.05, 0) is 67.4 Å². The number of halogens is 1. The zero-order valence-electron chi connectivity index (χ0n) is 16.0. The van der Waals surface area contributed by atoms with Crippen molar-refractivity contribution in [2.24, 2.45) is 0 Å². The average Bonchev–Trinajstić information content (AvgIpc) is 3.17. The van der Waals surface area contributed by atoms with E-state index >= 15 is 0 Å². The number of fused-ring (bicyclic) bond motifs is 1. The maximum Gasteiger partial charge on any atom is 0.291 e.